The summed E-state index contributed by atoms with van der Waals surface area (Å²) in [6.07, 6.45) is 1.26. The molecule has 0 bridgehead atoms. The third-order valence-corrected chi connectivity index (χ3v) is 4.44. The van der Waals surface area contributed by atoms with Gasteiger partial charge < -0.3 is 20.7 Å². The number of hydrogen-bond acceptors (Lipinski definition) is 4. The van der Waals surface area contributed by atoms with Crippen LogP contribution in [-0.2, 0) is 9.53 Å². The predicted octanol–water partition coefficient (Wildman–Crippen LogP) is 1.39. The van der Waals surface area contributed by atoms with Crippen molar-refractivity contribution in [2.45, 2.75) is 19.8 Å². The summed E-state index contributed by atoms with van der Waals surface area (Å²) in [6.45, 7) is 3.28. The zero-order chi connectivity index (χ0) is 17.0. The molecule has 23 heavy (non-hydrogen) atoms. The van der Waals surface area contributed by atoms with Gasteiger partial charge in [0.1, 0.15) is 0 Å². The molecular weight excluding hydrogens is 294 g/mol. The molecule has 0 aromatic heterocycles. The number of hydrogen-bond donors (Lipinski definition) is 2. The molecule has 1 aromatic carbocycles. The standard InChI is InChI=1S/C17H25N3O3/c1-12-10-13(4-5-14(12)15(21)20(2)3)19-16(22)17(11-18)6-8-23-9-7-17/h4-5,10H,6-9,11,18H2,1-3H3,(H,19,22). The molecule has 6 nitrogen and oxygen atoms in total. The molecule has 126 valence electrons. The van der Waals surface area contributed by atoms with Gasteiger partial charge in [-0.1, -0.05) is 0 Å². The van der Waals surface area contributed by atoms with E-state index in [1.807, 2.05) is 13.0 Å². The second-order valence-corrected chi connectivity index (χ2v) is 6.28. The Labute approximate surface area is 137 Å². The Balaban J connectivity index is 2.15. The highest BCUT2D eigenvalue weighted by atomic mass is 16.5. The van der Waals surface area contributed by atoms with E-state index in [0.29, 0.717) is 43.9 Å². The number of amides is 2. The fourth-order valence-electron chi connectivity index (χ4n) is 2.77. The Morgan fingerprint density at radius 1 is 1.30 bits per heavy atom. The summed E-state index contributed by atoms with van der Waals surface area (Å²) in [5.74, 6) is -0.127. The first-order valence-electron chi connectivity index (χ1n) is 7.81. The van der Waals surface area contributed by atoms with E-state index in [9.17, 15) is 9.59 Å². The molecule has 0 unspecified atom stereocenters. The first-order chi connectivity index (χ1) is 10.9. The summed E-state index contributed by atoms with van der Waals surface area (Å²) in [5, 5.41) is 2.94. The van der Waals surface area contributed by atoms with Crippen LogP contribution in [0.3, 0.4) is 0 Å². The molecule has 6 heteroatoms. The van der Waals surface area contributed by atoms with Crippen LogP contribution in [0.2, 0.25) is 0 Å². The Hall–Kier alpha value is -1.92. The highest BCUT2D eigenvalue weighted by Crippen LogP contribution is 2.31. The summed E-state index contributed by atoms with van der Waals surface area (Å²) < 4.78 is 5.33. The van der Waals surface area contributed by atoms with E-state index < -0.39 is 5.41 Å². The van der Waals surface area contributed by atoms with Crippen LogP contribution in [0.4, 0.5) is 5.69 Å². The van der Waals surface area contributed by atoms with Gasteiger partial charge in [0.15, 0.2) is 0 Å². The molecule has 0 radical (unpaired) electrons. The molecule has 1 fully saturated rings. The third-order valence-electron chi connectivity index (χ3n) is 4.44. The Morgan fingerprint density at radius 3 is 2.48 bits per heavy atom. The lowest BCUT2D eigenvalue weighted by atomic mass is 9.79. The first kappa shape index (κ1) is 17.4. The quantitative estimate of drug-likeness (QED) is 0.878. The van der Waals surface area contributed by atoms with Crippen molar-refractivity contribution in [2.24, 2.45) is 11.1 Å². The molecule has 1 aliphatic heterocycles. The summed E-state index contributed by atoms with van der Waals surface area (Å²) in [7, 11) is 3.43. The van der Waals surface area contributed by atoms with Crippen LogP contribution in [0, 0.1) is 12.3 Å². The molecule has 1 aromatic rings. The number of carbonyl (C=O) groups excluding carboxylic acids is 2. The van der Waals surface area contributed by atoms with Crippen molar-refractivity contribution >= 4 is 17.5 Å². The van der Waals surface area contributed by atoms with Crippen LogP contribution in [-0.4, -0.2) is 50.6 Å². The molecule has 0 atom stereocenters. The minimum atomic E-state index is -0.565. The maximum absolute atomic E-state index is 12.6. The van der Waals surface area contributed by atoms with Crippen molar-refractivity contribution in [3.05, 3.63) is 29.3 Å². The van der Waals surface area contributed by atoms with Crippen LogP contribution in [0.25, 0.3) is 0 Å². The topological polar surface area (TPSA) is 84.7 Å². The lowest BCUT2D eigenvalue weighted by Crippen LogP contribution is -2.46. The van der Waals surface area contributed by atoms with Crippen molar-refractivity contribution in [3.63, 3.8) is 0 Å². The van der Waals surface area contributed by atoms with Gasteiger partial charge in [-0.25, -0.2) is 0 Å². The van der Waals surface area contributed by atoms with Crippen molar-refractivity contribution in [1.82, 2.24) is 4.90 Å². The number of anilines is 1. The number of nitrogens with zero attached hydrogens (tertiary/aromatic N) is 1. The average molecular weight is 319 g/mol. The van der Waals surface area contributed by atoms with Crippen LogP contribution in [0.1, 0.15) is 28.8 Å². The number of nitrogens with one attached hydrogen (secondary N) is 1. The van der Waals surface area contributed by atoms with Crippen molar-refractivity contribution in [2.75, 3.05) is 39.2 Å². The molecular formula is C17H25N3O3. The van der Waals surface area contributed by atoms with Crippen molar-refractivity contribution in [3.8, 4) is 0 Å². The van der Waals surface area contributed by atoms with Gasteiger partial charge in [-0.2, -0.15) is 0 Å². The fourth-order valence-corrected chi connectivity index (χ4v) is 2.77. The molecule has 1 aliphatic rings. The predicted molar refractivity (Wildman–Crippen MR) is 89.4 cm³/mol. The van der Waals surface area contributed by atoms with Gasteiger partial charge in [0.05, 0.1) is 5.41 Å². The highest BCUT2D eigenvalue weighted by Gasteiger charge is 2.38. The van der Waals surface area contributed by atoms with Crippen molar-refractivity contribution < 1.29 is 14.3 Å². The van der Waals surface area contributed by atoms with Gasteiger partial charge in [0, 0.05) is 45.1 Å². The summed E-state index contributed by atoms with van der Waals surface area (Å²) in [5.41, 5.74) is 7.43. The number of aryl methyl sites for hydroxylation is 1. The molecule has 2 amide bonds. The van der Waals surface area contributed by atoms with Crippen LogP contribution >= 0.6 is 0 Å². The SMILES string of the molecule is Cc1cc(NC(=O)C2(CN)CCOCC2)ccc1C(=O)N(C)C. The number of nitrogens with two attached hydrogens (primary N) is 1. The van der Waals surface area contributed by atoms with E-state index in [4.69, 9.17) is 10.5 Å². The molecule has 1 heterocycles. The zero-order valence-electron chi connectivity index (χ0n) is 14.0. The Kier molecular flexibility index (Phi) is 5.38. The molecule has 2 rings (SSSR count). The molecule has 3 N–H and O–H groups in total. The van der Waals surface area contributed by atoms with E-state index in [1.165, 1.54) is 4.90 Å². The second-order valence-electron chi connectivity index (χ2n) is 6.28. The van der Waals surface area contributed by atoms with Crippen LogP contribution in [0.5, 0.6) is 0 Å². The number of benzene rings is 1. The van der Waals surface area contributed by atoms with Gasteiger partial charge in [0.25, 0.3) is 5.91 Å². The molecule has 1 saturated heterocycles. The maximum Gasteiger partial charge on any atom is 0.253 e. The normalized spacial score (nSPS) is 16.7. The third kappa shape index (κ3) is 3.71. The summed E-state index contributed by atoms with van der Waals surface area (Å²) >= 11 is 0. The van der Waals surface area contributed by atoms with E-state index in [0.717, 1.165) is 5.56 Å². The molecule has 0 spiro atoms. The van der Waals surface area contributed by atoms with Gasteiger partial charge >= 0.3 is 0 Å². The van der Waals surface area contributed by atoms with E-state index in [1.54, 1.807) is 26.2 Å². The maximum atomic E-state index is 12.6. The number of rotatable bonds is 4. The van der Waals surface area contributed by atoms with E-state index in [2.05, 4.69) is 5.32 Å². The van der Waals surface area contributed by atoms with Crippen LogP contribution < -0.4 is 11.1 Å². The monoisotopic (exact) mass is 319 g/mol. The smallest absolute Gasteiger partial charge is 0.253 e. The number of ether oxygens (including phenoxy) is 1. The first-order valence-corrected chi connectivity index (χ1v) is 7.81. The lowest BCUT2D eigenvalue weighted by molar-refractivity contribution is -0.130. The van der Waals surface area contributed by atoms with Gasteiger partial charge in [0.2, 0.25) is 5.91 Å². The van der Waals surface area contributed by atoms with Gasteiger partial charge in [-0.3, -0.25) is 9.59 Å². The summed E-state index contributed by atoms with van der Waals surface area (Å²) in [4.78, 5) is 26.2. The molecule has 0 aliphatic carbocycles. The van der Waals surface area contributed by atoms with Crippen LogP contribution in [0.15, 0.2) is 18.2 Å². The van der Waals surface area contributed by atoms with E-state index in [-0.39, 0.29) is 11.8 Å². The minimum absolute atomic E-state index is 0.0526. The lowest BCUT2D eigenvalue weighted by Gasteiger charge is -2.34. The van der Waals surface area contributed by atoms with E-state index >= 15 is 0 Å². The Bertz CT molecular complexity index is 593. The highest BCUT2D eigenvalue weighted by molar-refractivity contribution is 5.98. The van der Waals surface area contributed by atoms with Gasteiger partial charge in [-0.15, -0.1) is 0 Å². The van der Waals surface area contributed by atoms with Gasteiger partial charge in [-0.05, 0) is 43.5 Å². The average Bonchev–Trinajstić information content (AvgIpc) is 2.54. The second kappa shape index (κ2) is 7.10. The zero-order valence-corrected chi connectivity index (χ0v) is 14.0. The largest absolute Gasteiger partial charge is 0.381 e. The van der Waals surface area contributed by atoms with Crippen molar-refractivity contribution in [1.29, 1.82) is 0 Å². The Morgan fingerprint density at radius 2 is 1.96 bits per heavy atom. The summed E-state index contributed by atoms with van der Waals surface area (Å²) in [6, 6.07) is 5.32. The minimum Gasteiger partial charge on any atom is -0.381 e. The number of carbonyl (C=O) groups is 2. The fraction of sp³-hybridized carbons (Fsp3) is 0.529. The molecule has 0 saturated carbocycles.